The molecule has 30 heavy (non-hydrogen) atoms. The maximum atomic E-state index is 12.7. The van der Waals surface area contributed by atoms with Gasteiger partial charge in [0.05, 0.1) is 18.2 Å². The molecule has 158 valence electrons. The molecule has 0 bridgehead atoms. The van der Waals surface area contributed by atoms with Crippen molar-refractivity contribution < 1.29 is 14.3 Å². The molecular weight excluding hydrogens is 396 g/mol. The molecular formula is C24H28N2O3S. The fraction of sp³-hybridized carbons (Fsp3) is 0.333. The van der Waals surface area contributed by atoms with Crippen LogP contribution in [0.2, 0.25) is 0 Å². The molecule has 0 spiro atoms. The summed E-state index contributed by atoms with van der Waals surface area (Å²) >= 11 is 1.79. The number of rotatable bonds is 6. The van der Waals surface area contributed by atoms with Crippen LogP contribution >= 0.6 is 11.8 Å². The highest BCUT2D eigenvalue weighted by atomic mass is 32.2. The van der Waals surface area contributed by atoms with Crippen LogP contribution in [0, 0.1) is 20.8 Å². The first-order valence-corrected chi connectivity index (χ1v) is 11.0. The zero-order valence-corrected chi connectivity index (χ0v) is 18.9. The second-order valence-corrected chi connectivity index (χ2v) is 8.50. The fourth-order valence-corrected chi connectivity index (χ4v) is 4.78. The van der Waals surface area contributed by atoms with Gasteiger partial charge in [-0.05, 0) is 62.9 Å². The number of esters is 1. The monoisotopic (exact) mass is 424 g/mol. The predicted molar refractivity (Wildman–Crippen MR) is 120 cm³/mol. The van der Waals surface area contributed by atoms with E-state index in [0.29, 0.717) is 11.3 Å². The molecule has 1 unspecified atom stereocenters. The molecule has 0 aliphatic carbocycles. The predicted octanol–water partition coefficient (Wildman–Crippen LogP) is 5.10. The van der Waals surface area contributed by atoms with Crippen molar-refractivity contribution in [3.63, 3.8) is 0 Å². The Bertz CT molecular complexity index is 1010. The van der Waals surface area contributed by atoms with Crippen LogP contribution in [0.5, 0.6) is 0 Å². The third-order valence-electron chi connectivity index (χ3n) is 5.25. The van der Waals surface area contributed by atoms with Crippen molar-refractivity contribution in [2.24, 2.45) is 0 Å². The lowest BCUT2D eigenvalue weighted by Crippen LogP contribution is -2.45. The number of urea groups is 1. The summed E-state index contributed by atoms with van der Waals surface area (Å²) in [5.74, 6) is 0.395. The Labute approximate surface area is 182 Å². The number of amides is 2. The highest BCUT2D eigenvalue weighted by Gasteiger charge is 2.33. The minimum Gasteiger partial charge on any atom is -0.463 e. The molecule has 1 atom stereocenters. The van der Waals surface area contributed by atoms with Crippen LogP contribution in [-0.4, -0.2) is 18.6 Å². The number of nitrogens with one attached hydrogen (secondary N) is 2. The van der Waals surface area contributed by atoms with Gasteiger partial charge in [0.15, 0.2) is 0 Å². The number of carbonyl (C=O) groups excluding carboxylic acids is 2. The van der Waals surface area contributed by atoms with E-state index in [1.165, 1.54) is 16.0 Å². The topological polar surface area (TPSA) is 67.4 Å². The molecule has 1 aliphatic rings. The minimum atomic E-state index is -0.542. The van der Waals surface area contributed by atoms with Gasteiger partial charge in [-0.25, -0.2) is 9.59 Å². The molecule has 0 saturated carbocycles. The van der Waals surface area contributed by atoms with Crippen molar-refractivity contribution in [1.29, 1.82) is 0 Å². The lowest BCUT2D eigenvalue weighted by Gasteiger charge is -2.30. The standard InChI is InChI=1S/C24H28N2O3S/c1-6-29-23(27)21-17(5)25-24(28)26-22(21)19-12-14(2)11-18(16(19)4)13-30-20-10-8-7-9-15(20)3/h7-12,22H,6,13H2,1-5H3,(H2,25,26,28). The largest absolute Gasteiger partial charge is 0.463 e. The van der Waals surface area contributed by atoms with Crippen LogP contribution in [0.25, 0.3) is 0 Å². The first kappa shape index (κ1) is 22.0. The van der Waals surface area contributed by atoms with E-state index in [1.54, 1.807) is 25.6 Å². The Kier molecular flexibility index (Phi) is 6.87. The summed E-state index contributed by atoms with van der Waals surface area (Å²) in [5, 5.41) is 5.61. The third kappa shape index (κ3) is 4.70. The maximum absolute atomic E-state index is 12.7. The quantitative estimate of drug-likeness (QED) is 0.500. The second kappa shape index (κ2) is 9.39. The van der Waals surface area contributed by atoms with Crippen molar-refractivity contribution in [3.8, 4) is 0 Å². The number of allylic oxidation sites excluding steroid dienone is 1. The van der Waals surface area contributed by atoms with Gasteiger partial charge >= 0.3 is 12.0 Å². The lowest BCUT2D eigenvalue weighted by atomic mass is 9.89. The average molecular weight is 425 g/mol. The molecule has 3 rings (SSSR count). The number of carbonyl (C=O) groups is 2. The number of ether oxygens (including phenoxy) is 1. The first-order chi connectivity index (χ1) is 14.3. The molecule has 0 fully saturated rings. The van der Waals surface area contributed by atoms with Gasteiger partial charge in [0, 0.05) is 16.3 Å². The van der Waals surface area contributed by atoms with Crippen molar-refractivity contribution >= 4 is 23.8 Å². The van der Waals surface area contributed by atoms with Gasteiger partial charge in [0.25, 0.3) is 0 Å². The number of aryl methyl sites for hydroxylation is 2. The maximum Gasteiger partial charge on any atom is 0.338 e. The zero-order chi connectivity index (χ0) is 21.8. The number of thioether (sulfide) groups is 1. The van der Waals surface area contributed by atoms with Crippen LogP contribution in [0.3, 0.4) is 0 Å². The molecule has 5 nitrogen and oxygen atoms in total. The van der Waals surface area contributed by atoms with Crippen LogP contribution in [-0.2, 0) is 15.3 Å². The van der Waals surface area contributed by atoms with Gasteiger partial charge in [-0.3, -0.25) is 0 Å². The van der Waals surface area contributed by atoms with E-state index in [1.807, 2.05) is 25.1 Å². The Morgan fingerprint density at radius 3 is 2.57 bits per heavy atom. The number of benzene rings is 2. The second-order valence-electron chi connectivity index (χ2n) is 7.48. The van der Waals surface area contributed by atoms with Crippen LogP contribution < -0.4 is 10.6 Å². The normalized spacial score (nSPS) is 16.2. The molecule has 2 N–H and O–H groups in total. The minimum absolute atomic E-state index is 0.279. The number of hydrogen-bond donors (Lipinski definition) is 2. The average Bonchev–Trinajstić information content (AvgIpc) is 2.69. The van der Waals surface area contributed by atoms with E-state index in [2.05, 4.69) is 42.7 Å². The van der Waals surface area contributed by atoms with Gasteiger partial charge < -0.3 is 15.4 Å². The van der Waals surface area contributed by atoms with E-state index in [-0.39, 0.29) is 12.6 Å². The summed E-state index contributed by atoms with van der Waals surface area (Å²) in [6.07, 6.45) is 0. The highest BCUT2D eigenvalue weighted by Crippen LogP contribution is 2.34. The summed E-state index contributed by atoms with van der Waals surface area (Å²) in [4.78, 5) is 26.1. The zero-order valence-electron chi connectivity index (χ0n) is 18.1. The molecule has 6 heteroatoms. The molecule has 1 heterocycles. The van der Waals surface area contributed by atoms with Crippen LogP contribution in [0.15, 0.2) is 52.6 Å². The van der Waals surface area contributed by atoms with E-state index < -0.39 is 12.0 Å². The summed E-state index contributed by atoms with van der Waals surface area (Å²) in [7, 11) is 0. The Balaban J connectivity index is 1.98. The van der Waals surface area contributed by atoms with Gasteiger partial charge in [0.2, 0.25) is 0 Å². The summed E-state index contributed by atoms with van der Waals surface area (Å²) in [6.45, 7) is 9.99. The van der Waals surface area contributed by atoms with Crippen molar-refractivity contribution in [3.05, 3.63) is 75.5 Å². The van der Waals surface area contributed by atoms with E-state index >= 15 is 0 Å². The Hall–Kier alpha value is -2.73. The molecule has 1 aliphatic heterocycles. The third-order valence-corrected chi connectivity index (χ3v) is 6.48. The summed E-state index contributed by atoms with van der Waals surface area (Å²) < 4.78 is 5.27. The molecule has 0 saturated heterocycles. The van der Waals surface area contributed by atoms with E-state index in [9.17, 15) is 9.59 Å². The Morgan fingerprint density at radius 1 is 1.13 bits per heavy atom. The van der Waals surface area contributed by atoms with Crippen molar-refractivity contribution in [1.82, 2.24) is 10.6 Å². The molecule has 2 amide bonds. The highest BCUT2D eigenvalue weighted by molar-refractivity contribution is 7.98. The SMILES string of the molecule is CCOC(=O)C1=C(C)NC(=O)NC1c1cc(C)cc(CSc2ccccc2C)c1C. The molecule has 2 aromatic carbocycles. The van der Waals surface area contributed by atoms with Crippen molar-refractivity contribution in [2.45, 2.75) is 51.3 Å². The van der Waals surface area contributed by atoms with Gasteiger partial charge in [-0.15, -0.1) is 11.8 Å². The Morgan fingerprint density at radius 2 is 1.87 bits per heavy atom. The number of hydrogen-bond acceptors (Lipinski definition) is 4. The molecule has 2 aromatic rings. The summed E-state index contributed by atoms with van der Waals surface area (Å²) in [5.41, 5.74) is 6.50. The molecule has 0 radical (unpaired) electrons. The van der Waals surface area contributed by atoms with E-state index in [4.69, 9.17) is 4.74 Å². The van der Waals surface area contributed by atoms with E-state index in [0.717, 1.165) is 22.4 Å². The first-order valence-electron chi connectivity index (χ1n) is 10.1. The van der Waals surface area contributed by atoms with Gasteiger partial charge in [-0.2, -0.15) is 0 Å². The summed E-state index contributed by atoms with van der Waals surface area (Å²) in [6, 6.07) is 11.7. The fourth-order valence-electron chi connectivity index (χ4n) is 3.69. The smallest absolute Gasteiger partial charge is 0.338 e. The van der Waals surface area contributed by atoms with Crippen LogP contribution in [0.4, 0.5) is 4.79 Å². The van der Waals surface area contributed by atoms with Gasteiger partial charge in [0.1, 0.15) is 0 Å². The van der Waals surface area contributed by atoms with Crippen LogP contribution in [0.1, 0.15) is 47.7 Å². The van der Waals surface area contributed by atoms with Gasteiger partial charge in [-0.1, -0.05) is 35.9 Å². The molecule has 0 aromatic heterocycles. The lowest BCUT2D eigenvalue weighted by molar-refractivity contribution is -0.139. The van der Waals surface area contributed by atoms with Crippen molar-refractivity contribution in [2.75, 3.05) is 6.61 Å².